The Morgan fingerprint density at radius 2 is 2.08 bits per heavy atom. The van der Waals surface area contributed by atoms with Crippen LogP contribution in [-0.4, -0.2) is 46.9 Å². The molecule has 2 aromatic rings. The van der Waals surface area contributed by atoms with Crippen molar-refractivity contribution in [2.75, 3.05) is 19.9 Å². The highest BCUT2D eigenvalue weighted by Crippen LogP contribution is 2.32. The van der Waals surface area contributed by atoms with Gasteiger partial charge in [-0.15, -0.1) is 0 Å². The second-order valence-electron chi connectivity index (χ2n) is 6.20. The fourth-order valence-electron chi connectivity index (χ4n) is 3.04. The number of rotatable bonds is 4. The first kappa shape index (κ1) is 16.4. The van der Waals surface area contributed by atoms with Crippen molar-refractivity contribution >= 4 is 6.03 Å². The minimum absolute atomic E-state index is 0.0665. The number of nitrogens with one attached hydrogen (secondary N) is 1. The van der Waals surface area contributed by atoms with Crippen LogP contribution < -0.4 is 19.5 Å². The quantitative estimate of drug-likeness (QED) is 0.901. The monoisotopic (exact) mass is 356 g/mol. The Balaban J connectivity index is 1.23. The van der Waals surface area contributed by atoms with Crippen molar-refractivity contribution in [2.45, 2.75) is 25.5 Å². The number of hydrogen-bond donors (Lipinski definition) is 1. The van der Waals surface area contributed by atoms with Gasteiger partial charge in [0.25, 0.3) is 0 Å². The van der Waals surface area contributed by atoms with Gasteiger partial charge in [-0.25, -0.2) is 14.8 Å². The van der Waals surface area contributed by atoms with E-state index in [2.05, 4.69) is 15.3 Å². The molecule has 0 unspecified atom stereocenters. The SMILES string of the molecule is O=C(NCc1ccc2c(c1)OCO2)N1CCC(Oc2ccncn2)CC1. The lowest BCUT2D eigenvalue weighted by Crippen LogP contribution is -2.46. The van der Waals surface area contributed by atoms with E-state index >= 15 is 0 Å². The second kappa shape index (κ2) is 7.47. The number of urea groups is 1. The van der Waals surface area contributed by atoms with Crippen LogP contribution in [0.1, 0.15) is 18.4 Å². The molecule has 0 bridgehead atoms. The lowest BCUT2D eigenvalue weighted by molar-refractivity contribution is 0.107. The number of aromatic nitrogens is 2. The molecule has 3 heterocycles. The van der Waals surface area contributed by atoms with E-state index in [1.807, 2.05) is 23.1 Å². The molecule has 8 nitrogen and oxygen atoms in total. The lowest BCUT2D eigenvalue weighted by atomic mass is 10.1. The number of benzene rings is 1. The predicted molar refractivity (Wildman–Crippen MR) is 92.1 cm³/mol. The molecule has 4 rings (SSSR count). The summed E-state index contributed by atoms with van der Waals surface area (Å²) in [5.41, 5.74) is 0.976. The average Bonchev–Trinajstić information content (AvgIpc) is 3.15. The van der Waals surface area contributed by atoms with Gasteiger partial charge in [-0.2, -0.15) is 0 Å². The van der Waals surface area contributed by atoms with Gasteiger partial charge in [-0.05, 0) is 17.7 Å². The summed E-state index contributed by atoms with van der Waals surface area (Å²) in [5.74, 6) is 2.04. The van der Waals surface area contributed by atoms with Crippen LogP contribution in [0.3, 0.4) is 0 Å². The summed E-state index contributed by atoms with van der Waals surface area (Å²) in [6.07, 6.45) is 4.75. The number of fused-ring (bicyclic) bond motifs is 1. The maximum absolute atomic E-state index is 12.4. The molecule has 0 aliphatic carbocycles. The molecule has 0 spiro atoms. The maximum atomic E-state index is 12.4. The number of amides is 2. The Labute approximate surface area is 151 Å². The first-order valence-corrected chi connectivity index (χ1v) is 8.62. The Hall–Kier alpha value is -3.03. The van der Waals surface area contributed by atoms with Crippen LogP contribution in [0.15, 0.2) is 36.8 Å². The largest absolute Gasteiger partial charge is 0.474 e. The maximum Gasteiger partial charge on any atom is 0.317 e. The molecule has 0 radical (unpaired) electrons. The number of carbonyl (C=O) groups is 1. The minimum Gasteiger partial charge on any atom is -0.474 e. The van der Waals surface area contributed by atoms with Crippen molar-refractivity contribution in [1.82, 2.24) is 20.2 Å². The Morgan fingerprint density at radius 3 is 2.88 bits per heavy atom. The second-order valence-corrected chi connectivity index (χ2v) is 6.20. The number of likely N-dealkylation sites (tertiary alicyclic amines) is 1. The average molecular weight is 356 g/mol. The molecule has 2 aliphatic heterocycles. The zero-order valence-corrected chi connectivity index (χ0v) is 14.3. The van der Waals surface area contributed by atoms with E-state index in [1.165, 1.54) is 6.33 Å². The molecule has 1 saturated heterocycles. The summed E-state index contributed by atoms with van der Waals surface area (Å²) in [4.78, 5) is 22.1. The first-order valence-electron chi connectivity index (χ1n) is 8.62. The zero-order chi connectivity index (χ0) is 17.8. The summed E-state index contributed by atoms with van der Waals surface area (Å²) >= 11 is 0. The van der Waals surface area contributed by atoms with Crippen LogP contribution in [0.25, 0.3) is 0 Å². The zero-order valence-electron chi connectivity index (χ0n) is 14.3. The van der Waals surface area contributed by atoms with Gasteiger partial charge in [0, 0.05) is 44.7 Å². The smallest absolute Gasteiger partial charge is 0.317 e. The van der Waals surface area contributed by atoms with Crippen molar-refractivity contribution in [3.05, 3.63) is 42.4 Å². The number of piperidine rings is 1. The van der Waals surface area contributed by atoms with Crippen molar-refractivity contribution < 1.29 is 19.0 Å². The van der Waals surface area contributed by atoms with E-state index in [0.717, 1.165) is 29.9 Å². The van der Waals surface area contributed by atoms with Gasteiger partial charge in [0.15, 0.2) is 11.5 Å². The van der Waals surface area contributed by atoms with Crippen LogP contribution in [0, 0.1) is 0 Å². The molecule has 8 heteroatoms. The van der Waals surface area contributed by atoms with Gasteiger partial charge in [0.1, 0.15) is 12.4 Å². The van der Waals surface area contributed by atoms with Gasteiger partial charge < -0.3 is 24.4 Å². The first-order chi connectivity index (χ1) is 12.8. The van der Waals surface area contributed by atoms with E-state index in [9.17, 15) is 4.79 Å². The molecule has 1 aromatic heterocycles. The highest BCUT2D eigenvalue weighted by atomic mass is 16.7. The van der Waals surface area contributed by atoms with Crippen LogP contribution in [0.5, 0.6) is 17.4 Å². The summed E-state index contributed by atoms with van der Waals surface area (Å²) in [6, 6.07) is 7.35. The van der Waals surface area contributed by atoms with Crippen molar-refractivity contribution in [1.29, 1.82) is 0 Å². The number of ether oxygens (including phenoxy) is 3. The molecule has 0 atom stereocenters. The Kier molecular flexibility index (Phi) is 4.72. The molecule has 2 amide bonds. The lowest BCUT2D eigenvalue weighted by Gasteiger charge is -2.31. The number of carbonyl (C=O) groups excluding carboxylic acids is 1. The van der Waals surface area contributed by atoms with Crippen molar-refractivity contribution in [3.63, 3.8) is 0 Å². The van der Waals surface area contributed by atoms with Gasteiger partial charge in [0.05, 0.1) is 0 Å². The van der Waals surface area contributed by atoms with E-state index < -0.39 is 0 Å². The van der Waals surface area contributed by atoms with Gasteiger partial charge >= 0.3 is 6.03 Å². The van der Waals surface area contributed by atoms with E-state index in [4.69, 9.17) is 14.2 Å². The molecule has 136 valence electrons. The van der Waals surface area contributed by atoms with E-state index in [1.54, 1.807) is 12.3 Å². The van der Waals surface area contributed by atoms with Gasteiger partial charge in [-0.1, -0.05) is 6.07 Å². The standard InChI is InChI=1S/C18H20N4O4/c23-18(20-10-13-1-2-15-16(9-13)25-12-24-15)22-7-4-14(5-8-22)26-17-3-6-19-11-21-17/h1-3,6,9,11,14H,4-5,7-8,10,12H2,(H,20,23). The highest BCUT2D eigenvalue weighted by molar-refractivity contribution is 5.74. The van der Waals surface area contributed by atoms with Gasteiger partial charge in [0.2, 0.25) is 12.7 Å². The van der Waals surface area contributed by atoms with E-state index in [0.29, 0.717) is 25.5 Å². The fourth-order valence-corrected chi connectivity index (χ4v) is 3.04. The summed E-state index contributed by atoms with van der Waals surface area (Å²) in [5, 5.41) is 2.95. The van der Waals surface area contributed by atoms with Gasteiger partial charge in [-0.3, -0.25) is 0 Å². The minimum atomic E-state index is -0.0665. The predicted octanol–water partition coefficient (Wildman–Crippen LogP) is 1.96. The molecule has 2 aliphatic rings. The van der Waals surface area contributed by atoms with Crippen LogP contribution >= 0.6 is 0 Å². The molecule has 26 heavy (non-hydrogen) atoms. The normalized spacial score (nSPS) is 16.4. The third kappa shape index (κ3) is 3.79. The molecular weight excluding hydrogens is 336 g/mol. The van der Waals surface area contributed by atoms with Crippen molar-refractivity contribution in [2.24, 2.45) is 0 Å². The Morgan fingerprint density at radius 1 is 1.23 bits per heavy atom. The van der Waals surface area contributed by atoms with Crippen molar-refractivity contribution in [3.8, 4) is 17.4 Å². The number of nitrogens with zero attached hydrogens (tertiary/aromatic N) is 3. The summed E-state index contributed by atoms with van der Waals surface area (Å²) < 4.78 is 16.5. The van der Waals surface area contributed by atoms with Crippen LogP contribution in [0.4, 0.5) is 4.79 Å². The Bertz CT molecular complexity index is 763. The third-order valence-corrected chi connectivity index (χ3v) is 4.45. The summed E-state index contributed by atoms with van der Waals surface area (Å²) in [7, 11) is 0. The molecule has 0 saturated carbocycles. The van der Waals surface area contributed by atoms with E-state index in [-0.39, 0.29) is 18.9 Å². The molecule has 1 fully saturated rings. The molecule has 1 aromatic carbocycles. The third-order valence-electron chi connectivity index (χ3n) is 4.45. The number of hydrogen-bond acceptors (Lipinski definition) is 6. The van der Waals surface area contributed by atoms with Crippen LogP contribution in [-0.2, 0) is 6.54 Å². The molecular formula is C18H20N4O4. The fraction of sp³-hybridized carbons (Fsp3) is 0.389. The molecule has 1 N–H and O–H groups in total. The van der Waals surface area contributed by atoms with Crippen LogP contribution in [0.2, 0.25) is 0 Å². The highest BCUT2D eigenvalue weighted by Gasteiger charge is 2.24. The summed E-state index contributed by atoms with van der Waals surface area (Å²) in [6.45, 7) is 2.01. The topological polar surface area (TPSA) is 85.8 Å².